The van der Waals surface area contributed by atoms with Crippen molar-refractivity contribution in [3.05, 3.63) is 46.2 Å². The fourth-order valence-electron chi connectivity index (χ4n) is 1.41. The number of nitrogen functional groups attached to an aromatic ring is 1. The van der Waals surface area contributed by atoms with Crippen LogP contribution in [0.25, 0.3) is 0 Å². The zero-order chi connectivity index (χ0) is 11.4. The number of benzene rings is 1. The molecular formula is C12H11N3S. The summed E-state index contributed by atoms with van der Waals surface area (Å²) in [5.41, 5.74) is 8.90. The highest BCUT2D eigenvalue weighted by atomic mass is 32.1. The van der Waals surface area contributed by atoms with E-state index in [0.717, 1.165) is 12.2 Å². The first-order chi connectivity index (χ1) is 7.81. The molecule has 2 rings (SSSR count). The van der Waals surface area contributed by atoms with Crippen LogP contribution in [-0.2, 0) is 6.54 Å². The van der Waals surface area contributed by atoms with Crippen LogP contribution < -0.4 is 11.1 Å². The molecule has 0 atom stereocenters. The van der Waals surface area contributed by atoms with Gasteiger partial charge in [0.05, 0.1) is 16.9 Å². The topological polar surface area (TPSA) is 61.8 Å². The first-order valence-corrected chi connectivity index (χ1v) is 5.79. The van der Waals surface area contributed by atoms with Crippen molar-refractivity contribution in [1.82, 2.24) is 0 Å². The Morgan fingerprint density at radius 3 is 2.94 bits per heavy atom. The predicted molar refractivity (Wildman–Crippen MR) is 67.2 cm³/mol. The van der Waals surface area contributed by atoms with E-state index >= 15 is 0 Å². The van der Waals surface area contributed by atoms with Gasteiger partial charge in [0.1, 0.15) is 6.07 Å². The Morgan fingerprint density at radius 1 is 1.38 bits per heavy atom. The predicted octanol–water partition coefficient (Wildman–Crippen LogP) is 2.81. The highest BCUT2D eigenvalue weighted by Gasteiger charge is 2.03. The van der Waals surface area contributed by atoms with Crippen molar-refractivity contribution >= 4 is 22.7 Å². The molecule has 1 aromatic carbocycles. The summed E-state index contributed by atoms with van der Waals surface area (Å²) >= 11 is 1.66. The molecular weight excluding hydrogens is 218 g/mol. The standard InChI is InChI=1S/C12H11N3S/c13-6-10-2-1-3-11(12(10)14)15-7-9-4-5-16-8-9/h1-5,8,15H,7,14H2. The molecule has 0 radical (unpaired) electrons. The number of anilines is 2. The lowest BCUT2D eigenvalue weighted by molar-refractivity contribution is 1.16. The number of nitrogens with two attached hydrogens (primary N) is 1. The van der Waals surface area contributed by atoms with Crippen LogP contribution >= 0.6 is 11.3 Å². The lowest BCUT2D eigenvalue weighted by Crippen LogP contribution is -2.02. The van der Waals surface area contributed by atoms with Gasteiger partial charge in [-0.3, -0.25) is 0 Å². The number of para-hydroxylation sites is 1. The second kappa shape index (κ2) is 4.69. The second-order valence-corrected chi connectivity index (χ2v) is 4.14. The second-order valence-electron chi connectivity index (χ2n) is 3.36. The van der Waals surface area contributed by atoms with Crippen LogP contribution in [0.4, 0.5) is 11.4 Å². The Morgan fingerprint density at radius 2 is 2.25 bits per heavy atom. The molecule has 2 aromatic rings. The number of thiophene rings is 1. The minimum Gasteiger partial charge on any atom is -0.396 e. The third-order valence-corrected chi connectivity index (χ3v) is 3.02. The van der Waals surface area contributed by atoms with Gasteiger partial charge >= 0.3 is 0 Å². The molecule has 0 saturated carbocycles. The smallest absolute Gasteiger partial charge is 0.101 e. The molecule has 0 aliphatic carbocycles. The van der Waals surface area contributed by atoms with Crippen LogP contribution in [0.5, 0.6) is 0 Å². The monoisotopic (exact) mass is 229 g/mol. The quantitative estimate of drug-likeness (QED) is 0.795. The van der Waals surface area contributed by atoms with Gasteiger partial charge < -0.3 is 11.1 Å². The van der Waals surface area contributed by atoms with Gasteiger partial charge in [-0.15, -0.1) is 0 Å². The first-order valence-electron chi connectivity index (χ1n) is 4.85. The van der Waals surface area contributed by atoms with E-state index < -0.39 is 0 Å². The van der Waals surface area contributed by atoms with Crippen LogP contribution in [0.2, 0.25) is 0 Å². The maximum atomic E-state index is 8.84. The molecule has 0 fully saturated rings. The van der Waals surface area contributed by atoms with Gasteiger partial charge in [0.15, 0.2) is 0 Å². The average molecular weight is 229 g/mol. The molecule has 0 unspecified atom stereocenters. The number of hydrogen-bond donors (Lipinski definition) is 2. The fraction of sp³-hybridized carbons (Fsp3) is 0.0833. The lowest BCUT2D eigenvalue weighted by atomic mass is 10.1. The van der Waals surface area contributed by atoms with Crippen LogP contribution in [0.1, 0.15) is 11.1 Å². The Hall–Kier alpha value is -1.99. The minimum atomic E-state index is 0.510. The average Bonchev–Trinajstić information content (AvgIpc) is 2.81. The van der Waals surface area contributed by atoms with E-state index in [4.69, 9.17) is 11.0 Å². The van der Waals surface area contributed by atoms with Crippen molar-refractivity contribution in [2.75, 3.05) is 11.1 Å². The zero-order valence-electron chi connectivity index (χ0n) is 8.60. The fourth-order valence-corrected chi connectivity index (χ4v) is 2.08. The largest absolute Gasteiger partial charge is 0.396 e. The lowest BCUT2D eigenvalue weighted by Gasteiger charge is -2.09. The van der Waals surface area contributed by atoms with Crippen LogP contribution in [0, 0.1) is 11.3 Å². The van der Waals surface area contributed by atoms with Crippen molar-refractivity contribution in [2.45, 2.75) is 6.54 Å². The van der Waals surface area contributed by atoms with E-state index in [-0.39, 0.29) is 0 Å². The Balaban J connectivity index is 2.13. The molecule has 0 aliphatic rings. The molecule has 0 aliphatic heterocycles. The highest BCUT2D eigenvalue weighted by molar-refractivity contribution is 7.07. The first kappa shape index (κ1) is 10.5. The van der Waals surface area contributed by atoms with Crippen molar-refractivity contribution < 1.29 is 0 Å². The van der Waals surface area contributed by atoms with Crippen molar-refractivity contribution in [3.8, 4) is 6.07 Å². The number of nitriles is 1. The van der Waals surface area contributed by atoms with Crippen molar-refractivity contribution in [1.29, 1.82) is 5.26 Å². The number of nitrogens with zero attached hydrogens (tertiary/aromatic N) is 1. The third-order valence-electron chi connectivity index (χ3n) is 2.29. The van der Waals surface area contributed by atoms with Crippen LogP contribution in [0.15, 0.2) is 35.0 Å². The van der Waals surface area contributed by atoms with E-state index in [2.05, 4.69) is 22.8 Å². The van der Waals surface area contributed by atoms with E-state index in [1.165, 1.54) is 5.56 Å². The highest BCUT2D eigenvalue weighted by Crippen LogP contribution is 2.22. The van der Waals surface area contributed by atoms with Gasteiger partial charge in [0.2, 0.25) is 0 Å². The maximum absolute atomic E-state index is 8.84. The van der Waals surface area contributed by atoms with Gasteiger partial charge in [0.25, 0.3) is 0 Å². The summed E-state index contributed by atoms with van der Waals surface area (Å²) in [6, 6.07) is 9.54. The molecule has 4 heteroatoms. The molecule has 0 bridgehead atoms. The molecule has 1 heterocycles. The van der Waals surface area contributed by atoms with Gasteiger partial charge in [0, 0.05) is 6.54 Å². The molecule has 16 heavy (non-hydrogen) atoms. The van der Waals surface area contributed by atoms with E-state index in [9.17, 15) is 0 Å². The third kappa shape index (κ3) is 2.15. The number of hydrogen-bond acceptors (Lipinski definition) is 4. The van der Waals surface area contributed by atoms with Gasteiger partial charge in [-0.1, -0.05) is 6.07 Å². The van der Waals surface area contributed by atoms with Crippen LogP contribution in [-0.4, -0.2) is 0 Å². The molecule has 0 amide bonds. The Bertz CT molecular complexity index is 512. The van der Waals surface area contributed by atoms with Crippen molar-refractivity contribution in [3.63, 3.8) is 0 Å². The molecule has 1 aromatic heterocycles. The molecule has 0 saturated heterocycles. The number of nitrogens with one attached hydrogen (secondary N) is 1. The molecule has 80 valence electrons. The summed E-state index contributed by atoms with van der Waals surface area (Å²) < 4.78 is 0. The van der Waals surface area contributed by atoms with E-state index in [1.807, 2.05) is 17.5 Å². The van der Waals surface area contributed by atoms with Crippen molar-refractivity contribution in [2.24, 2.45) is 0 Å². The Kier molecular flexibility index (Phi) is 3.08. The molecule has 0 spiro atoms. The minimum absolute atomic E-state index is 0.510. The molecule has 3 nitrogen and oxygen atoms in total. The molecule has 3 N–H and O–H groups in total. The normalized spacial score (nSPS) is 9.69. The summed E-state index contributed by atoms with van der Waals surface area (Å²) in [4.78, 5) is 0. The number of rotatable bonds is 3. The van der Waals surface area contributed by atoms with Gasteiger partial charge in [-0.2, -0.15) is 16.6 Å². The van der Waals surface area contributed by atoms with Crippen LogP contribution in [0.3, 0.4) is 0 Å². The summed E-state index contributed by atoms with van der Waals surface area (Å²) in [6.45, 7) is 0.725. The van der Waals surface area contributed by atoms with E-state index in [0.29, 0.717) is 11.3 Å². The summed E-state index contributed by atoms with van der Waals surface area (Å²) in [7, 11) is 0. The SMILES string of the molecule is N#Cc1cccc(NCc2ccsc2)c1N. The maximum Gasteiger partial charge on any atom is 0.101 e. The Labute approximate surface area is 98.1 Å². The van der Waals surface area contributed by atoms with E-state index in [1.54, 1.807) is 17.4 Å². The van der Waals surface area contributed by atoms with Gasteiger partial charge in [-0.05, 0) is 34.5 Å². The van der Waals surface area contributed by atoms with Gasteiger partial charge in [-0.25, -0.2) is 0 Å². The summed E-state index contributed by atoms with van der Waals surface area (Å²) in [5.74, 6) is 0. The summed E-state index contributed by atoms with van der Waals surface area (Å²) in [6.07, 6.45) is 0. The zero-order valence-corrected chi connectivity index (χ0v) is 9.42. The summed E-state index contributed by atoms with van der Waals surface area (Å²) in [5, 5.41) is 16.2.